The molecule has 0 bridgehead atoms. The first-order chi connectivity index (χ1) is 34.5. The Labute approximate surface area is 459 Å². The third kappa shape index (κ3) is 12.3. The first kappa shape index (κ1) is 58.7. The maximum atomic E-state index is 12.9. The zero-order valence-electron chi connectivity index (χ0n) is 49.8. The SMILES string of the molecule is CCC(/C=C/C(C)C1CCC2C3CC=C4CC(OC(CC[C@H](C)C5CCC6C7CCC8C[C@@H](OC(=O)C(C)(C)C)CC[C@@]8(C)C7CC[C@]65C)O[Si](C)(C)OCCCCCCBr)CCC4(C)C3CCC12C)C(C)C. The third-order valence-electron chi connectivity index (χ3n) is 24.1. The first-order valence-electron chi connectivity index (χ1n) is 31.6. The molecule has 0 spiro atoms. The molecule has 7 fully saturated rings. The average Bonchev–Trinajstić information content (AvgIpc) is 3.88. The number of ether oxygens (including phenoxy) is 2. The van der Waals surface area contributed by atoms with Crippen LogP contribution in [0.4, 0.5) is 0 Å². The van der Waals surface area contributed by atoms with Gasteiger partial charge >= 0.3 is 14.5 Å². The van der Waals surface area contributed by atoms with Crippen LogP contribution < -0.4 is 0 Å². The Morgan fingerprint density at radius 3 is 2.08 bits per heavy atom. The number of alkyl halides is 1. The molecule has 0 aromatic heterocycles. The van der Waals surface area contributed by atoms with Crippen LogP contribution in [0.2, 0.25) is 13.1 Å². The molecule has 0 aromatic rings. The molecule has 7 heteroatoms. The second-order valence-electron chi connectivity index (χ2n) is 29.9. The van der Waals surface area contributed by atoms with E-state index in [1.54, 1.807) is 5.57 Å². The highest BCUT2D eigenvalue weighted by atomic mass is 79.9. The van der Waals surface area contributed by atoms with E-state index < -0.39 is 14.0 Å². The summed E-state index contributed by atoms with van der Waals surface area (Å²) in [6.45, 7) is 34.5. The molecule has 19 atom stereocenters. The van der Waals surface area contributed by atoms with Crippen LogP contribution in [0.15, 0.2) is 23.8 Å². The summed E-state index contributed by atoms with van der Waals surface area (Å²) in [7, 11) is -2.43. The van der Waals surface area contributed by atoms with Crippen molar-refractivity contribution in [1.29, 1.82) is 0 Å². The van der Waals surface area contributed by atoms with E-state index in [1.807, 2.05) is 20.8 Å². The summed E-state index contributed by atoms with van der Waals surface area (Å²) in [4.78, 5) is 12.9. The number of esters is 1. The molecule has 8 aliphatic carbocycles. The molecule has 0 saturated heterocycles. The minimum Gasteiger partial charge on any atom is -0.462 e. The lowest BCUT2D eigenvalue weighted by Gasteiger charge is -2.61. The quantitative estimate of drug-likeness (QED) is 0.0286. The Balaban J connectivity index is 0.903. The van der Waals surface area contributed by atoms with Crippen LogP contribution >= 0.6 is 15.9 Å². The van der Waals surface area contributed by atoms with E-state index in [4.69, 9.17) is 18.3 Å². The Bertz CT molecular complexity index is 1890. The minimum absolute atomic E-state index is 0.0223. The summed E-state index contributed by atoms with van der Waals surface area (Å²) in [6, 6.07) is 0. The lowest BCUT2D eigenvalue weighted by Crippen LogP contribution is -2.54. The van der Waals surface area contributed by atoms with Crippen molar-refractivity contribution < 1.29 is 23.1 Å². The van der Waals surface area contributed by atoms with Gasteiger partial charge in [-0.25, -0.2) is 0 Å². The minimum atomic E-state index is -2.43. The summed E-state index contributed by atoms with van der Waals surface area (Å²) in [6.07, 6.45) is 38.4. The van der Waals surface area contributed by atoms with Gasteiger partial charge in [0.15, 0.2) is 0 Å². The van der Waals surface area contributed by atoms with Crippen LogP contribution in [0.25, 0.3) is 0 Å². The van der Waals surface area contributed by atoms with E-state index >= 15 is 0 Å². The molecule has 7 saturated carbocycles. The van der Waals surface area contributed by atoms with Gasteiger partial charge in [0.1, 0.15) is 12.4 Å². The third-order valence-corrected chi connectivity index (χ3v) is 26.4. The fraction of sp³-hybridized carbons (Fsp3) is 0.924. The Morgan fingerprint density at radius 2 is 1.38 bits per heavy atom. The van der Waals surface area contributed by atoms with Crippen molar-refractivity contribution in [2.45, 2.75) is 269 Å². The van der Waals surface area contributed by atoms with Gasteiger partial charge in [-0.1, -0.05) is 115 Å². The maximum Gasteiger partial charge on any atom is 0.333 e. The van der Waals surface area contributed by atoms with Crippen molar-refractivity contribution in [1.82, 2.24) is 0 Å². The molecule has 0 amide bonds. The molecule has 0 radical (unpaired) electrons. The number of carbonyl (C=O) groups excluding carboxylic acids is 1. The smallest absolute Gasteiger partial charge is 0.333 e. The van der Waals surface area contributed by atoms with E-state index in [1.165, 1.54) is 116 Å². The van der Waals surface area contributed by atoms with E-state index in [2.05, 4.69) is 110 Å². The van der Waals surface area contributed by atoms with Crippen LogP contribution in [0.5, 0.6) is 0 Å². The second kappa shape index (κ2) is 23.7. The predicted molar refractivity (Wildman–Crippen MR) is 311 cm³/mol. The van der Waals surface area contributed by atoms with Crippen molar-refractivity contribution in [3.8, 4) is 0 Å². The van der Waals surface area contributed by atoms with Gasteiger partial charge in [-0.3, -0.25) is 4.79 Å². The number of hydrogen-bond acceptors (Lipinski definition) is 5. The average molecular weight is 1090 g/mol. The van der Waals surface area contributed by atoms with Gasteiger partial charge in [-0.2, -0.15) is 0 Å². The summed E-state index contributed by atoms with van der Waals surface area (Å²) in [5, 5.41) is 1.09. The van der Waals surface area contributed by atoms with Crippen LogP contribution in [-0.2, 0) is 23.1 Å². The summed E-state index contributed by atoms with van der Waals surface area (Å²) in [5.41, 5.74) is 2.88. The number of carbonyl (C=O) groups is 1. The molecular weight excluding hydrogens is 981 g/mol. The zero-order valence-corrected chi connectivity index (χ0v) is 52.4. The molecule has 15 unspecified atom stereocenters. The summed E-state index contributed by atoms with van der Waals surface area (Å²) >= 11 is 3.61. The van der Waals surface area contributed by atoms with Crippen LogP contribution in [0, 0.1) is 104 Å². The lowest BCUT2D eigenvalue weighted by molar-refractivity contribution is -0.170. The van der Waals surface area contributed by atoms with Crippen molar-refractivity contribution in [3.63, 3.8) is 0 Å². The van der Waals surface area contributed by atoms with Gasteiger partial charge < -0.3 is 18.3 Å². The standard InChI is InChI=1S/C66H113BrO5Si/c1-15-47(44(2)3)22-20-45(4)54-27-29-56-52-25-23-48-42-50(32-36-63(48,9)58(52)34-38-65(54,56)11)70-60(72-73(13,14)69-41-19-17-16-18-40-67)31-21-46(5)55-28-30-57-53-26-24-49-43-51(71-61(68)62(6,7)8)33-37-64(49,10)59(53)35-39-66(55,57)12/h20,22-23,44-47,49-60H,15-19,21,24-43H2,1-14H3/b22-20+/t45?,46-,47?,49?,50?,51-,52?,53?,54?,55?,56?,57?,58?,59?,60?,63?,64+,65?,66-/m0/s1. The van der Waals surface area contributed by atoms with E-state index in [9.17, 15) is 4.79 Å². The molecule has 0 aromatic carbocycles. The molecular formula is C66H113BrO5Si. The topological polar surface area (TPSA) is 54.0 Å². The van der Waals surface area contributed by atoms with Gasteiger partial charge in [0.05, 0.1) is 11.5 Å². The molecule has 0 heterocycles. The Kier molecular flexibility index (Phi) is 19.0. The molecule has 8 aliphatic rings. The number of unbranched alkanes of at least 4 members (excludes halogenated alkanes) is 3. The van der Waals surface area contributed by atoms with Crippen molar-refractivity contribution >= 4 is 30.5 Å². The van der Waals surface area contributed by atoms with Gasteiger partial charge in [-0.05, 0) is 274 Å². The molecule has 73 heavy (non-hydrogen) atoms. The van der Waals surface area contributed by atoms with Gasteiger partial charge in [-0.15, -0.1) is 0 Å². The predicted octanol–water partition coefficient (Wildman–Crippen LogP) is 18.9. The second-order valence-corrected chi connectivity index (χ2v) is 34.1. The Hall–Kier alpha value is -0.473. The molecule has 418 valence electrons. The lowest BCUT2D eigenvalue weighted by atomic mass is 9.44. The highest BCUT2D eigenvalue weighted by Gasteiger charge is 2.62. The van der Waals surface area contributed by atoms with Gasteiger partial charge in [0.2, 0.25) is 0 Å². The van der Waals surface area contributed by atoms with E-state index in [0.29, 0.717) is 45.3 Å². The summed E-state index contributed by atoms with van der Waals surface area (Å²) in [5.74, 6) is 10.0. The molecule has 0 aliphatic heterocycles. The molecule has 0 N–H and O–H groups in total. The first-order valence-corrected chi connectivity index (χ1v) is 35.5. The summed E-state index contributed by atoms with van der Waals surface area (Å²) < 4.78 is 27.5. The van der Waals surface area contributed by atoms with E-state index in [-0.39, 0.29) is 24.5 Å². The number of hydrogen-bond donors (Lipinski definition) is 0. The maximum absolute atomic E-state index is 12.9. The zero-order chi connectivity index (χ0) is 52.7. The molecule has 8 rings (SSSR count). The van der Waals surface area contributed by atoms with Crippen molar-refractivity contribution in [3.05, 3.63) is 23.8 Å². The van der Waals surface area contributed by atoms with Crippen molar-refractivity contribution in [2.75, 3.05) is 11.9 Å². The fourth-order valence-corrected chi connectivity index (χ4v) is 21.7. The fourth-order valence-electron chi connectivity index (χ4n) is 19.7. The van der Waals surface area contributed by atoms with Crippen LogP contribution in [0.1, 0.15) is 237 Å². The monoisotopic (exact) mass is 1090 g/mol. The number of rotatable bonds is 21. The highest BCUT2D eigenvalue weighted by Crippen LogP contribution is 2.70. The highest BCUT2D eigenvalue weighted by molar-refractivity contribution is 9.09. The van der Waals surface area contributed by atoms with Gasteiger partial charge in [0.25, 0.3) is 0 Å². The van der Waals surface area contributed by atoms with Crippen LogP contribution in [0.3, 0.4) is 0 Å². The van der Waals surface area contributed by atoms with E-state index in [0.717, 1.165) is 104 Å². The van der Waals surface area contributed by atoms with Gasteiger partial charge in [0, 0.05) is 11.9 Å². The number of halogens is 1. The largest absolute Gasteiger partial charge is 0.462 e. The number of allylic oxidation sites excluding steroid dienone is 3. The van der Waals surface area contributed by atoms with Crippen molar-refractivity contribution in [2.24, 2.45) is 104 Å². The normalized spacial score (nSPS) is 41.2. The molecule has 5 nitrogen and oxygen atoms in total. The number of fused-ring (bicyclic) bond motifs is 10. The van der Waals surface area contributed by atoms with Crippen LogP contribution in [-0.4, -0.2) is 45.0 Å². The Morgan fingerprint density at radius 1 is 0.740 bits per heavy atom.